The van der Waals surface area contributed by atoms with Gasteiger partial charge in [0.15, 0.2) is 6.29 Å². The van der Waals surface area contributed by atoms with Crippen molar-refractivity contribution in [3.05, 3.63) is 43.9 Å². The first-order valence-corrected chi connectivity index (χ1v) is 6.99. The van der Waals surface area contributed by atoms with E-state index in [1.165, 1.54) is 0 Å². The Morgan fingerprint density at radius 3 is 2.74 bits per heavy atom. The van der Waals surface area contributed by atoms with Gasteiger partial charge in [-0.2, -0.15) is 0 Å². The lowest BCUT2D eigenvalue weighted by Crippen LogP contribution is -2.04. The number of carbonyl (C=O) groups is 1. The Kier molecular flexibility index (Phi) is 4.36. The van der Waals surface area contributed by atoms with E-state index in [9.17, 15) is 4.79 Å². The van der Waals surface area contributed by atoms with Crippen LogP contribution in [0.5, 0.6) is 0 Å². The van der Waals surface area contributed by atoms with Gasteiger partial charge in [-0.1, -0.05) is 17.7 Å². The number of anilines is 2. The maximum atomic E-state index is 11.1. The van der Waals surface area contributed by atoms with Crippen molar-refractivity contribution in [3.8, 4) is 0 Å². The number of nitrogens with one attached hydrogen (secondary N) is 1. The summed E-state index contributed by atoms with van der Waals surface area (Å²) in [6, 6.07) is 6.00. The number of hydrogen-bond acceptors (Lipinski definition) is 4. The van der Waals surface area contributed by atoms with E-state index in [0.717, 1.165) is 14.8 Å². The zero-order valence-corrected chi connectivity index (χ0v) is 13.3. The Morgan fingerprint density at radius 2 is 2.05 bits per heavy atom. The number of carbonyl (C=O) groups excluding carboxylic acids is 1. The van der Waals surface area contributed by atoms with E-state index in [-0.39, 0.29) is 10.7 Å². The maximum Gasteiger partial charge on any atom is 0.156 e. The van der Waals surface area contributed by atoms with Gasteiger partial charge in [-0.25, -0.2) is 9.97 Å². The second-order valence-corrected chi connectivity index (χ2v) is 5.63. The molecule has 4 nitrogen and oxygen atoms in total. The smallest absolute Gasteiger partial charge is 0.156 e. The van der Waals surface area contributed by atoms with Gasteiger partial charge in [0.25, 0.3) is 0 Å². The highest BCUT2D eigenvalue weighted by Gasteiger charge is 2.12. The molecule has 1 N–H and O–H groups in total. The molecule has 0 aliphatic rings. The molecule has 2 rings (SSSR count). The minimum Gasteiger partial charge on any atom is -0.339 e. The van der Waals surface area contributed by atoms with E-state index in [0.29, 0.717) is 17.9 Å². The van der Waals surface area contributed by atoms with Crippen molar-refractivity contribution in [3.63, 3.8) is 0 Å². The van der Waals surface area contributed by atoms with Crippen LogP contribution in [0.4, 0.5) is 11.5 Å². The lowest BCUT2D eigenvalue weighted by atomic mass is 10.2. The molecule has 0 saturated heterocycles. The van der Waals surface area contributed by atoms with Crippen molar-refractivity contribution in [2.75, 3.05) is 5.32 Å². The molecule has 0 atom stereocenters. The molecule has 1 heterocycles. The number of halogens is 2. The first-order chi connectivity index (χ1) is 9.01. The Labute approximate surface area is 129 Å². The number of aromatic nitrogens is 2. The number of aldehydes is 1. The summed E-state index contributed by atoms with van der Waals surface area (Å²) in [7, 11) is 0. The van der Waals surface area contributed by atoms with Crippen LogP contribution in [0, 0.1) is 17.4 Å². The molecule has 0 aliphatic carbocycles. The van der Waals surface area contributed by atoms with Gasteiger partial charge in [0.1, 0.15) is 16.8 Å². The van der Waals surface area contributed by atoms with E-state index in [1.54, 1.807) is 6.92 Å². The fourth-order valence-electron chi connectivity index (χ4n) is 1.60. The van der Waals surface area contributed by atoms with E-state index in [1.807, 2.05) is 25.1 Å². The fourth-order valence-corrected chi connectivity index (χ4v) is 2.35. The normalized spacial score (nSPS) is 10.3. The monoisotopic (exact) mass is 387 g/mol. The van der Waals surface area contributed by atoms with Gasteiger partial charge in [-0.15, -0.1) is 0 Å². The van der Waals surface area contributed by atoms with Gasteiger partial charge < -0.3 is 5.32 Å². The first-order valence-electron chi connectivity index (χ1n) is 5.53. The maximum absolute atomic E-state index is 11.1. The van der Waals surface area contributed by atoms with E-state index in [2.05, 4.69) is 37.9 Å². The Hall–Kier alpha value is -1.21. The standard InChI is InChI=1S/C13H11ClIN3O/c1-7-3-4-9(15)5-11(7)18-13-10(6-19)12(14)16-8(2)17-13/h3-6H,1-2H3,(H,16,17,18). The van der Waals surface area contributed by atoms with Crippen LogP contribution in [0.1, 0.15) is 21.7 Å². The molecule has 2 aromatic rings. The molecule has 0 saturated carbocycles. The largest absolute Gasteiger partial charge is 0.339 e. The molecule has 0 amide bonds. The van der Waals surface area contributed by atoms with Gasteiger partial charge in [0.05, 0.1) is 5.56 Å². The van der Waals surface area contributed by atoms with Crippen molar-refractivity contribution in [1.29, 1.82) is 0 Å². The molecule has 0 radical (unpaired) electrons. The van der Waals surface area contributed by atoms with Gasteiger partial charge in [0, 0.05) is 9.26 Å². The van der Waals surface area contributed by atoms with Crippen molar-refractivity contribution >= 4 is 52.0 Å². The third-order valence-electron chi connectivity index (χ3n) is 2.58. The van der Waals surface area contributed by atoms with Crippen molar-refractivity contribution < 1.29 is 4.79 Å². The number of nitrogens with zero attached hydrogens (tertiary/aromatic N) is 2. The summed E-state index contributed by atoms with van der Waals surface area (Å²) in [6.07, 6.45) is 0.660. The van der Waals surface area contributed by atoms with Crippen LogP contribution in [0.3, 0.4) is 0 Å². The van der Waals surface area contributed by atoms with Crippen LogP contribution < -0.4 is 5.32 Å². The lowest BCUT2D eigenvalue weighted by molar-refractivity contribution is 0.112. The number of aryl methyl sites for hydroxylation is 2. The second kappa shape index (κ2) is 5.83. The van der Waals surface area contributed by atoms with Crippen LogP contribution in [0.2, 0.25) is 5.15 Å². The lowest BCUT2D eigenvalue weighted by Gasteiger charge is -2.12. The topological polar surface area (TPSA) is 54.9 Å². The van der Waals surface area contributed by atoms with Gasteiger partial charge in [0.2, 0.25) is 0 Å². The predicted octanol–water partition coefficient (Wildman–Crippen LogP) is 3.91. The van der Waals surface area contributed by atoms with Crippen LogP contribution in [-0.4, -0.2) is 16.3 Å². The third kappa shape index (κ3) is 3.22. The van der Waals surface area contributed by atoms with Gasteiger partial charge in [-0.3, -0.25) is 4.79 Å². The molecule has 1 aromatic heterocycles. The summed E-state index contributed by atoms with van der Waals surface area (Å²) in [5.41, 5.74) is 2.22. The Balaban J connectivity index is 2.48. The number of hydrogen-bond donors (Lipinski definition) is 1. The highest BCUT2D eigenvalue weighted by atomic mass is 127. The van der Waals surface area contributed by atoms with Gasteiger partial charge >= 0.3 is 0 Å². The molecule has 0 fully saturated rings. The quantitative estimate of drug-likeness (QED) is 0.493. The Bertz CT molecular complexity index is 646. The van der Waals surface area contributed by atoms with Crippen LogP contribution in [-0.2, 0) is 0 Å². The number of benzene rings is 1. The zero-order valence-electron chi connectivity index (χ0n) is 10.4. The molecule has 19 heavy (non-hydrogen) atoms. The molecule has 1 aromatic carbocycles. The minimum absolute atomic E-state index is 0.160. The highest BCUT2D eigenvalue weighted by molar-refractivity contribution is 14.1. The zero-order chi connectivity index (χ0) is 14.0. The van der Waals surface area contributed by atoms with Crippen molar-refractivity contribution in [2.45, 2.75) is 13.8 Å². The minimum atomic E-state index is 0.160. The summed E-state index contributed by atoms with van der Waals surface area (Å²) < 4.78 is 1.09. The summed E-state index contributed by atoms with van der Waals surface area (Å²) >= 11 is 8.18. The summed E-state index contributed by atoms with van der Waals surface area (Å²) in [5, 5.41) is 3.30. The first kappa shape index (κ1) is 14.2. The van der Waals surface area contributed by atoms with E-state index >= 15 is 0 Å². The molecule has 98 valence electrons. The van der Waals surface area contributed by atoms with E-state index < -0.39 is 0 Å². The average molecular weight is 388 g/mol. The predicted molar refractivity (Wildman–Crippen MR) is 84.3 cm³/mol. The van der Waals surface area contributed by atoms with Crippen LogP contribution >= 0.6 is 34.2 Å². The van der Waals surface area contributed by atoms with Crippen molar-refractivity contribution in [1.82, 2.24) is 9.97 Å². The van der Waals surface area contributed by atoms with Crippen LogP contribution in [0.25, 0.3) is 0 Å². The highest BCUT2D eigenvalue weighted by Crippen LogP contribution is 2.26. The molecule has 0 unspecified atom stereocenters. The van der Waals surface area contributed by atoms with Gasteiger partial charge in [-0.05, 0) is 54.1 Å². The second-order valence-electron chi connectivity index (χ2n) is 4.03. The fraction of sp³-hybridized carbons (Fsp3) is 0.154. The molecule has 0 spiro atoms. The molecule has 6 heteroatoms. The molecule has 0 aliphatic heterocycles. The van der Waals surface area contributed by atoms with Crippen LogP contribution in [0.15, 0.2) is 18.2 Å². The molecule has 0 bridgehead atoms. The number of rotatable bonds is 3. The molecular formula is C13H11ClIN3O. The molecular weight excluding hydrogens is 377 g/mol. The SMILES string of the molecule is Cc1nc(Cl)c(C=O)c(Nc2cc(I)ccc2C)n1. The third-order valence-corrected chi connectivity index (χ3v) is 3.54. The van der Waals surface area contributed by atoms with E-state index in [4.69, 9.17) is 11.6 Å². The summed E-state index contributed by atoms with van der Waals surface area (Å²) in [6.45, 7) is 3.71. The summed E-state index contributed by atoms with van der Waals surface area (Å²) in [5.74, 6) is 0.944. The summed E-state index contributed by atoms with van der Waals surface area (Å²) in [4.78, 5) is 19.3. The average Bonchev–Trinajstić information content (AvgIpc) is 2.33. The van der Waals surface area contributed by atoms with Crippen molar-refractivity contribution in [2.24, 2.45) is 0 Å². The Morgan fingerprint density at radius 1 is 1.32 bits per heavy atom.